The van der Waals surface area contributed by atoms with Gasteiger partial charge in [0.1, 0.15) is 0 Å². The summed E-state index contributed by atoms with van der Waals surface area (Å²) >= 11 is 13.5. The topological polar surface area (TPSA) is 70.0 Å². The van der Waals surface area contributed by atoms with Crippen molar-refractivity contribution in [1.82, 2.24) is 4.90 Å². The molecule has 1 aromatic carbocycles. The SMILES string of the molecule is CN(C)C(=O)CSC1=N[C@H]2CS(=O)(=O)C[C@@H]2N1c1cc(Cl)cc(Cl)c1. The molecule has 0 bridgehead atoms. The van der Waals surface area contributed by atoms with Gasteiger partial charge in [-0.3, -0.25) is 9.79 Å². The molecule has 6 nitrogen and oxygen atoms in total. The molecule has 0 aromatic heterocycles. The molecule has 136 valence electrons. The van der Waals surface area contributed by atoms with Gasteiger partial charge in [0.05, 0.1) is 29.3 Å². The third-order valence-electron chi connectivity index (χ3n) is 4.06. The number of fused-ring (bicyclic) bond motifs is 1. The Morgan fingerprint density at radius 3 is 2.52 bits per heavy atom. The van der Waals surface area contributed by atoms with Gasteiger partial charge in [0.25, 0.3) is 0 Å². The second-order valence-corrected chi connectivity index (χ2v) is 10.2. The highest BCUT2D eigenvalue weighted by Crippen LogP contribution is 2.37. The number of anilines is 1. The Morgan fingerprint density at radius 2 is 1.92 bits per heavy atom. The largest absolute Gasteiger partial charge is 0.348 e. The van der Waals surface area contributed by atoms with E-state index in [1.165, 1.54) is 16.7 Å². The number of hydrogen-bond acceptors (Lipinski definition) is 6. The van der Waals surface area contributed by atoms with Crippen LogP contribution in [0, 0.1) is 0 Å². The van der Waals surface area contributed by atoms with Crippen LogP contribution in [-0.2, 0) is 14.6 Å². The maximum Gasteiger partial charge on any atom is 0.232 e. The Hall–Kier alpha value is -0.960. The minimum atomic E-state index is -3.13. The monoisotopic (exact) mass is 421 g/mol. The number of nitrogens with zero attached hydrogens (tertiary/aromatic N) is 3. The van der Waals surface area contributed by atoms with Crippen LogP contribution < -0.4 is 4.90 Å². The lowest BCUT2D eigenvalue weighted by Gasteiger charge is -2.27. The van der Waals surface area contributed by atoms with Crippen LogP contribution in [0.2, 0.25) is 10.0 Å². The van der Waals surface area contributed by atoms with Crippen molar-refractivity contribution < 1.29 is 13.2 Å². The van der Waals surface area contributed by atoms with E-state index in [9.17, 15) is 13.2 Å². The maximum atomic E-state index is 12.0. The molecule has 2 atom stereocenters. The van der Waals surface area contributed by atoms with Gasteiger partial charge < -0.3 is 9.80 Å². The van der Waals surface area contributed by atoms with Gasteiger partial charge in [0, 0.05) is 29.8 Å². The summed E-state index contributed by atoms with van der Waals surface area (Å²) in [6.45, 7) is 0. The highest BCUT2D eigenvalue weighted by atomic mass is 35.5. The summed E-state index contributed by atoms with van der Waals surface area (Å²) in [5.41, 5.74) is 0.686. The number of amides is 1. The predicted octanol–water partition coefficient (Wildman–Crippen LogP) is 2.16. The number of carbonyl (C=O) groups excluding carboxylic acids is 1. The molecular weight excluding hydrogens is 405 g/mol. The predicted molar refractivity (Wildman–Crippen MR) is 104 cm³/mol. The van der Waals surface area contributed by atoms with Gasteiger partial charge in [-0.15, -0.1) is 0 Å². The molecule has 2 aliphatic rings. The van der Waals surface area contributed by atoms with E-state index in [4.69, 9.17) is 23.2 Å². The average Bonchev–Trinajstić information content (AvgIpc) is 2.94. The third kappa shape index (κ3) is 4.07. The zero-order valence-electron chi connectivity index (χ0n) is 13.6. The molecule has 1 fully saturated rings. The van der Waals surface area contributed by atoms with E-state index in [2.05, 4.69) is 4.99 Å². The molecule has 0 spiro atoms. The molecule has 3 rings (SSSR count). The number of carbonyl (C=O) groups is 1. The number of aliphatic imine (C=N–C) groups is 1. The summed E-state index contributed by atoms with van der Waals surface area (Å²) < 4.78 is 24.0. The lowest BCUT2D eigenvalue weighted by atomic mass is 10.1. The number of halogens is 2. The molecule has 0 unspecified atom stereocenters. The van der Waals surface area contributed by atoms with E-state index in [1.807, 2.05) is 4.90 Å². The summed E-state index contributed by atoms with van der Waals surface area (Å²) in [6, 6.07) is 4.44. The first-order valence-electron chi connectivity index (χ1n) is 7.53. The van der Waals surface area contributed by atoms with Crippen LogP contribution in [-0.4, -0.2) is 67.8 Å². The van der Waals surface area contributed by atoms with Crippen LogP contribution in [0.15, 0.2) is 23.2 Å². The molecule has 0 saturated carbocycles. The van der Waals surface area contributed by atoms with Crippen molar-refractivity contribution in [3.63, 3.8) is 0 Å². The van der Waals surface area contributed by atoms with Crippen LogP contribution in [0.3, 0.4) is 0 Å². The van der Waals surface area contributed by atoms with Gasteiger partial charge in [-0.05, 0) is 18.2 Å². The Morgan fingerprint density at radius 1 is 1.28 bits per heavy atom. The summed E-state index contributed by atoms with van der Waals surface area (Å²) in [4.78, 5) is 19.8. The summed E-state index contributed by atoms with van der Waals surface area (Å²) in [7, 11) is 0.245. The van der Waals surface area contributed by atoms with Gasteiger partial charge in [-0.25, -0.2) is 8.42 Å². The van der Waals surface area contributed by atoms with E-state index >= 15 is 0 Å². The van der Waals surface area contributed by atoms with Gasteiger partial charge >= 0.3 is 0 Å². The molecule has 0 N–H and O–H groups in total. The van der Waals surface area contributed by atoms with Crippen LogP contribution in [0.5, 0.6) is 0 Å². The Kier molecular flexibility index (Phi) is 5.26. The number of rotatable bonds is 3. The Balaban J connectivity index is 1.92. The number of sulfone groups is 1. The van der Waals surface area contributed by atoms with Crippen LogP contribution in [0.4, 0.5) is 5.69 Å². The second kappa shape index (κ2) is 6.98. The van der Waals surface area contributed by atoms with Crippen LogP contribution in [0.1, 0.15) is 0 Å². The number of thioether (sulfide) groups is 1. The van der Waals surface area contributed by atoms with Crippen LogP contribution in [0.25, 0.3) is 0 Å². The van der Waals surface area contributed by atoms with Gasteiger partial charge in [-0.2, -0.15) is 0 Å². The highest BCUT2D eigenvalue weighted by molar-refractivity contribution is 8.14. The van der Waals surface area contributed by atoms with Gasteiger partial charge in [0.2, 0.25) is 5.91 Å². The van der Waals surface area contributed by atoms with Crippen molar-refractivity contribution in [2.75, 3.05) is 36.3 Å². The molecule has 0 radical (unpaired) electrons. The first-order chi connectivity index (χ1) is 11.7. The maximum absolute atomic E-state index is 12.0. The minimum Gasteiger partial charge on any atom is -0.348 e. The van der Waals surface area contributed by atoms with Gasteiger partial charge in [0.15, 0.2) is 15.0 Å². The standard InChI is InChI=1S/C15H17Cl2N3O3S2/c1-19(2)14(21)6-24-15-18-12-7-25(22,23)8-13(12)20(15)11-4-9(16)3-10(17)5-11/h3-5,12-13H,6-8H2,1-2H3/t12-,13-/m0/s1. The molecule has 25 heavy (non-hydrogen) atoms. The molecule has 0 aliphatic carbocycles. The van der Waals surface area contributed by atoms with Gasteiger partial charge in [-0.1, -0.05) is 35.0 Å². The smallest absolute Gasteiger partial charge is 0.232 e. The lowest BCUT2D eigenvalue weighted by Crippen LogP contribution is -2.39. The van der Waals surface area contributed by atoms with Crippen molar-refractivity contribution >= 4 is 61.6 Å². The first-order valence-corrected chi connectivity index (χ1v) is 11.1. The molecule has 1 saturated heterocycles. The van der Waals surface area contributed by atoms with Crippen molar-refractivity contribution in [1.29, 1.82) is 0 Å². The minimum absolute atomic E-state index is 0.0220. The zero-order valence-corrected chi connectivity index (χ0v) is 16.8. The van der Waals surface area contributed by atoms with E-state index in [0.29, 0.717) is 20.9 Å². The van der Waals surface area contributed by atoms with E-state index in [1.54, 1.807) is 32.3 Å². The van der Waals surface area contributed by atoms with E-state index < -0.39 is 9.84 Å². The normalized spacial score (nSPS) is 24.2. The summed E-state index contributed by atoms with van der Waals surface area (Å²) in [5, 5.41) is 1.54. The molecule has 2 aliphatic heterocycles. The first kappa shape index (κ1) is 18.8. The van der Waals surface area contributed by atoms with E-state index in [-0.39, 0.29) is 35.2 Å². The number of amidine groups is 1. The molecular formula is C15H17Cl2N3O3S2. The molecule has 1 aromatic rings. The second-order valence-electron chi connectivity index (χ2n) is 6.20. The fourth-order valence-electron chi connectivity index (χ4n) is 2.87. The number of benzene rings is 1. The highest BCUT2D eigenvalue weighted by Gasteiger charge is 2.47. The summed E-state index contributed by atoms with van der Waals surface area (Å²) in [6.07, 6.45) is 0. The van der Waals surface area contributed by atoms with Crippen LogP contribution >= 0.6 is 35.0 Å². The zero-order chi connectivity index (χ0) is 18.4. The third-order valence-corrected chi connectivity index (χ3v) is 7.14. The summed E-state index contributed by atoms with van der Waals surface area (Å²) in [5.74, 6) is 0.231. The molecule has 2 heterocycles. The van der Waals surface area contributed by atoms with Crippen molar-refractivity contribution in [3.8, 4) is 0 Å². The van der Waals surface area contributed by atoms with E-state index in [0.717, 1.165) is 0 Å². The average molecular weight is 422 g/mol. The van der Waals surface area contributed by atoms with Crippen molar-refractivity contribution in [3.05, 3.63) is 28.2 Å². The van der Waals surface area contributed by atoms with Crippen molar-refractivity contribution in [2.45, 2.75) is 12.1 Å². The quantitative estimate of drug-likeness (QED) is 0.747. The Labute approximate surface area is 161 Å². The molecule has 1 amide bonds. The van der Waals surface area contributed by atoms with Crippen molar-refractivity contribution in [2.24, 2.45) is 4.99 Å². The number of hydrogen-bond donors (Lipinski definition) is 0. The fraction of sp³-hybridized carbons (Fsp3) is 0.467. The fourth-order valence-corrected chi connectivity index (χ4v) is 6.33. The molecule has 10 heteroatoms. The Bertz CT molecular complexity index is 822. The lowest BCUT2D eigenvalue weighted by molar-refractivity contribution is -0.125.